The first-order valence-electron chi connectivity index (χ1n) is 12.3. The second kappa shape index (κ2) is 10.2. The fraction of sp³-hybridized carbons (Fsp3) is 0.161. The van der Waals surface area contributed by atoms with Crippen LogP contribution in [0.25, 0.3) is 21.8 Å². The van der Waals surface area contributed by atoms with Gasteiger partial charge in [-0.1, -0.05) is 67.6 Å². The molecule has 1 aromatic heterocycles. The molecule has 5 rings (SSSR count). The summed E-state index contributed by atoms with van der Waals surface area (Å²) in [6.45, 7) is 2.13. The number of aryl methyl sites for hydroxylation is 1. The number of aromatic nitrogens is 1. The van der Waals surface area contributed by atoms with Gasteiger partial charge in [-0.2, -0.15) is 0 Å². The van der Waals surface area contributed by atoms with E-state index in [4.69, 9.17) is 10.5 Å². The van der Waals surface area contributed by atoms with Crippen molar-refractivity contribution in [2.75, 3.05) is 6.61 Å². The summed E-state index contributed by atoms with van der Waals surface area (Å²) in [4.78, 5) is 23.8. The number of rotatable bonds is 9. The highest BCUT2D eigenvalue weighted by molar-refractivity contribution is 6.20. The van der Waals surface area contributed by atoms with Crippen molar-refractivity contribution in [1.82, 2.24) is 4.57 Å². The van der Waals surface area contributed by atoms with Gasteiger partial charge in [0.05, 0.1) is 16.4 Å². The van der Waals surface area contributed by atoms with Crippen molar-refractivity contribution in [3.63, 3.8) is 0 Å². The van der Waals surface area contributed by atoms with Crippen LogP contribution in [-0.4, -0.2) is 28.2 Å². The number of ether oxygens (including phenoxy) is 1. The van der Waals surface area contributed by atoms with Crippen LogP contribution in [-0.2, 0) is 24.2 Å². The monoisotopic (exact) mass is 492 g/mol. The molecule has 0 fully saturated rings. The molecule has 6 nitrogen and oxygen atoms in total. The Balaban J connectivity index is 1.74. The number of carbonyl (C=O) groups excluding carboxylic acids is 1. The minimum absolute atomic E-state index is 0.378. The van der Waals surface area contributed by atoms with Gasteiger partial charge in [-0.25, -0.2) is 4.79 Å². The van der Waals surface area contributed by atoms with Crippen LogP contribution in [0.3, 0.4) is 0 Å². The predicted octanol–water partition coefficient (Wildman–Crippen LogP) is 5.56. The molecule has 186 valence electrons. The average molecular weight is 493 g/mol. The van der Waals surface area contributed by atoms with Crippen LogP contribution in [0.4, 0.5) is 0 Å². The molecule has 0 aliphatic heterocycles. The molecule has 0 spiro atoms. The van der Waals surface area contributed by atoms with Crippen LogP contribution < -0.4 is 10.5 Å². The summed E-state index contributed by atoms with van der Waals surface area (Å²) in [6, 6.07) is 28.1. The lowest BCUT2D eigenvalue weighted by Crippen LogP contribution is -2.12. The zero-order chi connectivity index (χ0) is 25.9. The summed E-state index contributed by atoms with van der Waals surface area (Å²) in [7, 11) is 0. The van der Waals surface area contributed by atoms with Crippen LogP contribution in [0.2, 0.25) is 0 Å². The van der Waals surface area contributed by atoms with Crippen molar-refractivity contribution < 1.29 is 19.4 Å². The van der Waals surface area contributed by atoms with Gasteiger partial charge in [-0.3, -0.25) is 4.79 Å². The van der Waals surface area contributed by atoms with Crippen LogP contribution in [0.15, 0.2) is 84.9 Å². The molecular weight excluding hydrogens is 464 g/mol. The molecule has 5 aromatic rings. The third-order valence-electron chi connectivity index (χ3n) is 6.72. The van der Waals surface area contributed by atoms with Gasteiger partial charge >= 0.3 is 5.97 Å². The Morgan fingerprint density at radius 2 is 1.57 bits per heavy atom. The van der Waals surface area contributed by atoms with E-state index in [0.717, 1.165) is 35.0 Å². The molecule has 1 amide bonds. The number of hydrogen-bond acceptors (Lipinski definition) is 3. The summed E-state index contributed by atoms with van der Waals surface area (Å²) in [6.07, 6.45) is 1.54. The van der Waals surface area contributed by atoms with Crippen molar-refractivity contribution in [3.05, 3.63) is 113 Å². The van der Waals surface area contributed by atoms with Crippen molar-refractivity contribution in [2.24, 2.45) is 5.73 Å². The van der Waals surface area contributed by atoms with E-state index in [0.29, 0.717) is 28.6 Å². The Bertz CT molecular complexity index is 1620. The van der Waals surface area contributed by atoms with Crippen molar-refractivity contribution in [2.45, 2.75) is 26.3 Å². The third-order valence-corrected chi connectivity index (χ3v) is 6.72. The van der Waals surface area contributed by atoms with Crippen LogP contribution in [0.5, 0.6) is 5.75 Å². The minimum Gasteiger partial charge on any atom is -0.481 e. The van der Waals surface area contributed by atoms with E-state index in [1.807, 2.05) is 55.5 Å². The van der Waals surface area contributed by atoms with Gasteiger partial charge in [0.15, 0.2) is 6.61 Å². The number of aliphatic carboxylic acids is 1. The standard InChI is InChI=1S/C31H28N2O4/c1-2-20-16-26-30(27(17-20)37-19-28(34)35)29-24(31(32)36)13-8-14-25(29)33(26)18-23-12-7-6-11-22(23)15-21-9-4-3-5-10-21/h3-14,16-17H,2,15,18-19H2,1H3,(H2,32,36)(H,34,35). The smallest absolute Gasteiger partial charge is 0.341 e. The molecule has 0 aliphatic rings. The van der Waals surface area contributed by atoms with Gasteiger partial charge in [-0.15, -0.1) is 0 Å². The number of primary amides is 1. The third kappa shape index (κ3) is 4.78. The van der Waals surface area contributed by atoms with E-state index in [9.17, 15) is 14.7 Å². The van der Waals surface area contributed by atoms with Gasteiger partial charge < -0.3 is 20.1 Å². The molecule has 0 atom stereocenters. The number of nitrogens with two attached hydrogens (primary N) is 1. The largest absolute Gasteiger partial charge is 0.481 e. The zero-order valence-corrected chi connectivity index (χ0v) is 20.6. The molecule has 3 N–H and O–H groups in total. The number of carboxylic acid groups (broad SMARTS) is 1. The summed E-state index contributed by atoms with van der Waals surface area (Å²) < 4.78 is 7.94. The number of carbonyl (C=O) groups is 2. The normalized spacial score (nSPS) is 11.2. The Morgan fingerprint density at radius 3 is 2.27 bits per heavy atom. The Kier molecular flexibility index (Phi) is 6.64. The van der Waals surface area contributed by atoms with Gasteiger partial charge in [0.2, 0.25) is 5.91 Å². The fourth-order valence-corrected chi connectivity index (χ4v) is 4.98. The van der Waals surface area contributed by atoms with E-state index >= 15 is 0 Å². The van der Waals surface area contributed by atoms with E-state index in [-0.39, 0.29) is 0 Å². The summed E-state index contributed by atoms with van der Waals surface area (Å²) >= 11 is 0. The molecule has 6 heteroatoms. The molecule has 37 heavy (non-hydrogen) atoms. The van der Waals surface area contributed by atoms with Crippen LogP contribution >= 0.6 is 0 Å². The molecule has 1 heterocycles. The summed E-state index contributed by atoms with van der Waals surface area (Å²) in [5.41, 5.74) is 12.5. The topological polar surface area (TPSA) is 94.6 Å². The lowest BCUT2D eigenvalue weighted by atomic mass is 9.99. The number of fused-ring (bicyclic) bond motifs is 3. The molecule has 0 unspecified atom stereocenters. The first-order chi connectivity index (χ1) is 18.0. The average Bonchev–Trinajstić information content (AvgIpc) is 3.22. The highest BCUT2D eigenvalue weighted by Crippen LogP contribution is 2.39. The lowest BCUT2D eigenvalue weighted by Gasteiger charge is -2.14. The fourth-order valence-electron chi connectivity index (χ4n) is 4.98. The van der Waals surface area contributed by atoms with E-state index < -0.39 is 18.5 Å². The maximum absolute atomic E-state index is 12.5. The number of carboxylic acids is 1. The Labute approximate surface area is 214 Å². The predicted molar refractivity (Wildman–Crippen MR) is 145 cm³/mol. The van der Waals surface area contributed by atoms with Gasteiger partial charge in [0.1, 0.15) is 5.75 Å². The highest BCUT2D eigenvalue weighted by Gasteiger charge is 2.21. The van der Waals surface area contributed by atoms with Crippen molar-refractivity contribution in [3.8, 4) is 5.75 Å². The quantitative estimate of drug-likeness (QED) is 0.282. The zero-order valence-electron chi connectivity index (χ0n) is 20.6. The van der Waals surface area contributed by atoms with Crippen molar-refractivity contribution in [1.29, 1.82) is 0 Å². The first kappa shape index (κ1) is 24.1. The number of amides is 1. The second-order valence-electron chi connectivity index (χ2n) is 9.11. The minimum atomic E-state index is -1.07. The summed E-state index contributed by atoms with van der Waals surface area (Å²) in [5, 5.41) is 10.6. The maximum atomic E-state index is 12.5. The molecular formula is C31H28N2O4. The number of nitrogens with zero attached hydrogens (tertiary/aromatic N) is 1. The van der Waals surface area contributed by atoms with Gasteiger partial charge in [0, 0.05) is 17.5 Å². The Hall–Kier alpha value is -4.58. The Morgan fingerprint density at radius 1 is 0.838 bits per heavy atom. The molecule has 0 saturated heterocycles. The molecule has 0 radical (unpaired) electrons. The molecule has 4 aromatic carbocycles. The molecule has 0 bridgehead atoms. The SMILES string of the molecule is CCc1cc(OCC(=O)O)c2c3c(C(N)=O)cccc3n(Cc3ccccc3Cc3ccccc3)c2c1. The van der Waals surface area contributed by atoms with E-state index in [1.165, 1.54) is 11.1 Å². The highest BCUT2D eigenvalue weighted by atomic mass is 16.5. The number of benzene rings is 4. The van der Waals surface area contributed by atoms with Gasteiger partial charge in [0.25, 0.3) is 0 Å². The van der Waals surface area contributed by atoms with E-state index in [1.54, 1.807) is 6.07 Å². The maximum Gasteiger partial charge on any atom is 0.341 e. The van der Waals surface area contributed by atoms with Crippen LogP contribution in [0, 0.1) is 0 Å². The number of hydrogen-bond donors (Lipinski definition) is 2. The summed E-state index contributed by atoms with van der Waals surface area (Å²) in [5.74, 6) is -1.17. The molecule has 0 aliphatic carbocycles. The van der Waals surface area contributed by atoms with Gasteiger partial charge in [-0.05, 0) is 59.4 Å². The lowest BCUT2D eigenvalue weighted by molar-refractivity contribution is -0.139. The first-order valence-corrected chi connectivity index (χ1v) is 12.3. The molecule has 0 saturated carbocycles. The van der Waals surface area contributed by atoms with Crippen molar-refractivity contribution >= 4 is 33.7 Å². The van der Waals surface area contributed by atoms with Crippen LogP contribution in [0.1, 0.15) is 39.5 Å². The van der Waals surface area contributed by atoms with E-state index in [2.05, 4.69) is 34.9 Å². The second-order valence-corrected chi connectivity index (χ2v) is 9.11.